The minimum atomic E-state index is 0.121. The standard InChI is InChI=1S/C21H26N4O/c1-17-5-2-7-19(23-17)14-24-12-9-21(15-24)8-4-11-25(16-21)20(26)18-6-3-10-22-13-18/h2-3,5-7,10,13H,4,8-9,11-12,14-16H2,1H3/t21-/m1/s1. The number of carbonyl (C=O) groups is 1. The number of amides is 1. The van der Waals surface area contributed by atoms with Gasteiger partial charge >= 0.3 is 0 Å². The molecule has 0 N–H and O–H groups in total. The molecule has 2 aliphatic rings. The van der Waals surface area contributed by atoms with Gasteiger partial charge in [-0.1, -0.05) is 6.07 Å². The normalized spacial score (nSPS) is 23.5. The van der Waals surface area contributed by atoms with E-state index in [1.807, 2.05) is 30.0 Å². The Kier molecular flexibility index (Phi) is 4.72. The molecule has 5 nitrogen and oxygen atoms in total. The van der Waals surface area contributed by atoms with Crippen LogP contribution in [0.2, 0.25) is 0 Å². The summed E-state index contributed by atoms with van der Waals surface area (Å²) in [6, 6.07) is 9.92. The molecule has 2 aromatic heterocycles. The summed E-state index contributed by atoms with van der Waals surface area (Å²) in [6.07, 6.45) is 6.84. The van der Waals surface area contributed by atoms with Crippen LogP contribution >= 0.6 is 0 Å². The second-order valence-corrected chi connectivity index (χ2v) is 7.80. The maximum absolute atomic E-state index is 12.8. The van der Waals surface area contributed by atoms with Crippen LogP contribution in [0.3, 0.4) is 0 Å². The summed E-state index contributed by atoms with van der Waals surface area (Å²) in [5.41, 5.74) is 3.15. The summed E-state index contributed by atoms with van der Waals surface area (Å²) in [6.45, 7) is 6.80. The molecule has 1 atom stereocenters. The lowest BCUT2D eigenvalue weighted by molar-refractivity contribution is 0.0526. The lowest BCUT2D eigenvalue weighted by Crippen LogP contribution is -2.47. The van der Waals surface area contributed by atoms with Gasteiger partial charge < -0.3 is 4.90 Å². The Morgan fingerprint density at radius 2 is 2.08 bits per heavy atom. The van der Waals surface area contributed by atoms with Crippen LogP contribution in [0.1, 0.15) is 41.0 Å². The van der Waals surface area contributed by atoms with Crippen molar-refractivity contribution in [3.63, 3.8) is 0 Å². The van der Waals surface area contributed by atoms with Crippen molar-refractivity contribution in [3.05, 3.63) is 59.7 Å². The van der Waals surface area contributed by atoms with E-state index >= 15 is 0 Å². The number of hydrogen-bond donors (Lipinski definition) is 0. The summed E-state index contributed by atoms with van der Waals surface area (Å²) in [5, 5.41) is 0. The zero-order valence-electron chi connectivity index (χ0n) is 15.4. The first-order chi connectivity index (χ1) is 12.6. The SMILES string of the molecule is Cc1cccc(CN2CC[C@]3(CCCN(C(=O)c4cccnc4)C3)C2)n1. The fraction of sp³-hybridized carbons (Fsp3) is 0.476. The van der Waals surface area contributed by atoms with E-state index in [2.05, 4.69) is 27.0 Å². The zero-order chi connectivity index (χ0) is 18.0. The molecule has 2 aliphatic heterocycles. The fourth-order valence-corrected chi connectivity index (χ4v) is 4.47. The van der Waals surface area contributed by atoms with Crippen molar-refractivity contribution in [2.75, 3.05) is 26.2 Å². The molecule has 0 aromatic carbocycles. The van der Waals surface area contributed by atoms with Gasteiger partial charge in [-0.3, -0.25) is 19.7 Å². The molecule has 136 valence electrons. The van der Waals surface area contributed by atoms with Crippen LogP contribution in [0.25, 0.3) is 0 Å². The number of piperidine rings is 1. The van der Waals surface area contributed by atoms with E-state index in [-0.39, 0.29) is 11.3 Å². The van der Waals surface area contributed by atoms with Crippen molar-refractivity contribution < 1.29 is 4.79 Å². The molecule has 0 radical (unpaired) electrons. The van der Waals surface area contributed by atoms with Gasteiger partial charge in [0.15, 0.2) is 0 Å². The number of pyridine rings is 2. The van der Waals surface area contributed by atoms with Crippen LogP contribution in [0.15, 0.2) is 42.7 Å². The lowest BCUT2D eigenvalue weighted by Gasteiger charge is -2.40. The maximum atomic E-state index is 12.8. The number of nitrogens with zero attached hydrogens (tertiary/aromatic N) is 4. The molecular weight excluding hydrogens is 324 g/mol. The van der Waals surface area contributed by atoms with Crippen LogP contribution in [0, 0.1) is 12.3 Å². The van der Waals surface area contributed by atoms with Gasteiger partial charge in [-0.2, -0.15) is 0 Å². The maximum Gasteiger partial charge on any atom is 0.255 e. The summed E-state index contributed by atoms with van der Waals surface area (Å²) < 4.78 is 0. The number of carbonyl (C=O) groups excluding carboxylic acids is 1. The van der Waals surface area contributed by atoms with Gasteiger partial charge in [0, 0.05) is 49.7 Å². The molecule has 0 bridgehead atoms. The molecule has 0 aliphatic carbocycles. The van der Waals surface area contributed by atoms with Gasteiger partial charge in [0.2, 0.25) is 0 Å². The smallest absolute Gasteiger partial charge is 0.255 e. The van der Waals surface area contributed by atoms with Gasteiger partial charge in [0.1, 0.15) is 0 Å². The monoisotopic (exact) mass is 350 g/mol. The molecular formula is C21H26N4O. The van der Waals surface area contributed by atoms with Crippen LogP contribution in [-0.2, 0) is 6.54 Å². The van der Waals surface area contributed by atoms with E-state index in [1.165, 1.54) is 6.42 Å². The Hall–Kier alpha value is -2.27. The van der Waals surface area contributed by atoms with Gasteiger partial charge in [-0.05, 0) is 57.0 Å². The topological polar surface area (TPSA) is 49.3 Å². The van der Waals surface area contributed by atoms with Crippen molar-refractivity contribution in [2.45, 2.75) is 32.7 Å². The van der Waals surface area contributed by atoms with Gasteiger partial charge in [0.05, 0.1) is 11.3 Å². The van der Waals surface area contributed by atoms with Crippen molar-refractivity contribution >= 4 is 5.91 Å². The van der Waals surface area contributed by atoms with E-state index in [0.29, 0.717) is 5.56 Å². The molecule has 2 fully saturated rings. The summed E-state index contributed by atoms with van der Waals surface area (Å²) in [5.74, 6) is 0.121. The predicted molar refractivity (Wildman–Crippen MR) is 101 cm³/mol. The molecule has 26 heavy (non-hydrogen) atoms. The third kappa shape index (κ3) is 3.63. The number of hydrogen-bond acceptors (Lipinski definition) is 4. The van der Waals surface area contributed by atoms with E-state index in [9.17, 15) is 4.79 Å². The van der Waals surface area contributed by atoms with Gasteiger partial charge in [-0.15, -0.1) is 0 Å². The first kappa shape index (κ1) is 17.2. The summed E-state index contributed by atoms with van der Waals surface area (Å²) >= 11 is 0. The Morgan fingerprint density at radius 3 is 2.88 bits per heavy atom. The molecule has 1 spiro atoms. The number of aromatic nitrogens is 2. The minimum Gasteiger partial charge on any atom is -0.338 e. The highest BCUT2D eigenvalue weighted by atomic mass is 16.2. The fourth-order valence-electron chi connectivity index (χ4n) is 4.47. The molecule has 4 rings (SSSR count). The van der Waals surface area contributed by atoms with Crippen LogP contribution in [0.4, 0.5) is 0 Å². The average molecular weight is 350 g/mol. The van der Waals surface area contributed by atoms with Crippen LogP contribution in [0.5, 0.6) is 0 Å². The Bertz CT molecular complexity index is 779. The molecule has 0 unspecified atom stereocenters. The second-order valence-electron chi connectivity index (χ2n) is 7.80. The molecule has 1 amide bonds. The minimum absolute atomic E-state index is 0.121. The summed E-state index contributed by atoms with van der Waals surface area (Å²) in [7, 11) is 0. The Labute approximate surface area is 155 Å². The van der Waals surface area contributed by atoms with Crippen molar-refractivity contribution in [3.8, 4) is 0 Å². The highest BCUT2D eigenvalue weighted by molar-refractivity contribution is 5.94. The third-order valence-corrected chi connectivity index (χ3v) is 5.71. The van der Waals surface area contributed by atoms with Crippen LogP contribution in [-0.4, -0.2) is 51.9 Å². The van der Waals surface area contributed by atoms with E-state index < -0.39 is 0 Å². The summed E-state index contributed by atoms with van der Waals surface area (Å²) in [4.78, 5) is 26.1. The van der Waals surface area contributed by atoms with E-state index in [1.54, 1.807) is 12.4 Å². The number of likely N-dealkylation sites (tertiary alicyclic amines) is 2. The van der Waals surface area contributed by atoms with Crippen LogP contribution < -0.4 is 0 Å². The molecule has 2 aromatic rings. The number of aryl methyl sites for hydroxylation is 1. The largest absolute Gasteiger partial charge is 0.338 e. The first-order valence-corrected chi connectivity index (χ1v) is 9.48. The molecule has 0 saturated carbocycles. The molecule has 5 heteroatoms. The van der Waals surface area contributed by atoms with Crippen molar-refractivity contribution in [1.29, 1.82) is 0 Å². The highest BCUT2D eigenvalue weighted by Crippen LogP contribution is 2.39. The van der Waals surface area contributed by atoms with Crippen molar-refractivity contribution in [2.24, 2.45) is 5.41 Å². The quantitative estimate of drug-likeness (QED) is 0.854. The average Bonchev–Trinajstić information content (AvgIpc) is 3.03. The van der Waals surface area contributed by atoms with E-state index in [0.717, 1.165) is 57.0 Å². The highest BCUT2D eigenvalue weighted by Gasteiger charge is 2.42. The van der Waals surface area contributed by atoms with Gasteiger partial charge in [0.25, 0.3) is 5.91 Å². The first-order valence-electron chi connectivity index (χ1n) is 9.48. The van der Waals surface area contributed by atoms with Gasteiger partial charge in [-0.25, -0.2) is 0 Å². The lowest BCUT2D eigenvalue weighted by atomic mass is 9.79. The Morgan fingerprint density at radius 1 is 1.15 bits per heavy atom. The van der Waals surface area contributed by atoms with E-state index in [4.69, 9.17) is 0 Å². The third-order valence-electron chi connectivity index (χ3n) is 5.71. The zero-order valence-corrected chi connectivity index (χ0v) is 15.4. The predicted octanol–water partition coefficient (Wildman–Crippen LogP) is 2.91. The molecule has 2 saturated heterocycles. The molecule has 4 heterocycles. The van der Waals surface area contributed by atoms with Crippen molar-refractivity contribution in [1.82, 2.24) is 19.8 Å². The second kappa shape index (κ2) is 7.16. The Balaban J connectivity index is 1.42. The number of rotatable bonds is 3.